The highest BCUT2D eigenvalue weighted by atomic mass is 127. The van der Waals surface area contributed by atoms with Crippen molar-refractivity contribution in [1.29, 1.82) is 0 Å². The van der Waals surface area contributed by atoms with Gasteiger partial charge in [-0.1, -0.05) is 25.1 Å². The number of nitrogens with one attached hydrogen (secondary N) is 1. The second-order valence-electron chi connectivity index (χ2n) is 8.84. The summed E-state index contributed by atoms with van der Waals surface area (Å²) in [6.45, 7) is 4.20. The van der Waals surface area contributed by atoms with Crippen LogP contribution >= 0.6 is 22.9 Å². The first-order valence-electron chi connectivity index (χ1n) is 11.4. The zero-order valence-corrected chi connectivity index (χ0v) is 20.7. The van der Waals surface area contributed by atoms with Gasteiger partial charge in [-0.05, 0) is 61.6 Å². The van der Waals surface area contributed by atoms with E-state index in [-0.39, 0.29) is 6.04 Å². The zero-order valence-electron chi connectivity index (χ0n) is 18.6. The summed E-state index contributed by atoms with van der Waals surface area (Å²) in [5, 5.41) is 8.36. The van der Waals surface area contributed by atoms with Gasteiger partial charge in [-0.2, -0.15) is 5.10 Å². The Bertz CT molecular complexity index is 1120. The second-order valence-corrected chi connectivity index (χ2v) is 10.1. The maximum absolute atomic E-state index is 12.5. The molecule has 3 N–H and O–H groups in total. The van der Waals surface area contributed by atoms with Crippen LogP contribution in [0.1, 0.15) is 42.6 Å². The molecular weight excluding hydrogens is 529 g/mol. The average Bonchev–Trinajstić information content (AvgIpc) is 3.21. The van der Waals surface area contributed by atoms with E-state index in [4.69, 9.17) is 15.6 Å². The van der Waals surface area contributed by atoms with Crippen LogP contribution in [0.2, 0.25) is 0 Å². The van der Waals surface area contributed by atoms with Gasteiger partial charge in [0.15, 0.2) is 0 Å². The fraction of sp³-hybridized carbons (Fsp3) is 0.360. The summed E-state index contributed by atoms with van der Waals surface area (Å²) in [6, 6.07) is 17.9. The van der Waals surface area contributed by atoms with Crippen molar-refractivity contribution in [2.24, 2.45) is 11.7 Å². The topological polar surface area (TPSA) is 85.4 Å². The van der Waals surface area contributed by atoms with Crippen molar-refractivity contribution >= 4 is 34.6 Å². The summed E-state index contributed by atoms with van der Waals surface area (Å²) in [6.07, 6.45) is 3.39. The average molecular weight is 557 g/mol. The molecule has 3 unspecified atom stereocenters. The van der Waals surface area contributed by atoms with E-state index in [0.717, 1.165) is 42.4 Å². The first-order valence-corrected chi connectivity index (χ1v) is 12.4. The van der Waals surface area contributed by atoms with E-state index in [9.17, 15) is 4.79 Å². The number of aromatic nitrogens is 2. The van der Waals surface area contributed by atoms with E-state index >= 15 is 0 Å². The number of anilines is 1. The molecule has 7 nitrogen and oxygen atoms in total. The Labute approximate surface area is 207 Å². The lowest BCUT2D eigenvalue weighted by Gasteiger charge is -2.42. The van der Waals surface area contributed by atoms with E-state index in [0.29, 0.717) is 23.2 Å². The maximum Gasteiger partial charge on any atom is 0.254 e. The number of halogens is 1. The van der Waals surface area contributed by atoms with Gasteiger partial charge in [-0.25, -0.2) is 7.80 Å². The lowest BCUT2D eigenvalue weighted by molar-refractivity contribution is 0.100. The van der Waals surface area contributed by atoms with Crippen molar-refractivity contribution in [1.82, 2.24) is 12.9 Å². The van der Waals surface area contributed by atoms with Crippen molar-refractivity contribution in [3.63, 3.8) is 0 Å². The predicted molar refractivity (Wildman–Crippen MR) is 138 cm³/mol. The van der Waals surface area contributed by atoms with Gasteiger partial charge in [0, 0.05) is 47.6 Å². The zero-order chi connectivity index (χ0) is 22.9. The molecule has 172 valence electrons. The number of nitrogens with zero attached hydrogens (tertiary/aromatic N) is 3. The van der Waals surface area contributed by atoms with Crippen LogP contribution < -0.4 is 15.8 Å². The molecule has 2 aliphatic rings. The van der Waals surface area contributed by atoms with Crippen LogP contribution in [0.5, 0.6) is 11.5 Å². The predicted octanol–water partition coefficient (Wildman–Crippen LogP) is 5.25. The molecule has 3 atom stereocenters. The van der Waals surface area contributed by atoms with Crippen LogP contribution in [-0.4, -0.2) is 37.9 Å². The van der Waals surface area contributed by atoms with Gasteiger partial charge in [0.05, 0.1) is 6.04 Å². The number of ether oxygens (including phenoxy) is 1. The molecule has 1 amide bonds. The lowest BCUT2D eigenvalue weighted by Crippen LogP contribution is -2.46. The summed E-state index contributed by atoms with van der Waals surface area (Å²) in [5.41, 5.74) is 7.78. The van der Waals surface area contributed by atoms with Crippen LogP contribution in [0, 0.1) is 5.92 Å². The van der Waals surface area contributed by atoms with Crippen molar-refractivity contribution in [2.75, 3.05) is 18.4 Å². The SMILES string of the molecule is CC1CCCN(I)C1C1CCNc2c(C(N)=O)c(-c3ccc(Oc4ccccc4)cc3)nn21. The van der Waals surface area contributed by atoms with Gasteiger partial charge in [0.1, 0.15) is 28.6 Å². The van der Waals surface area contributed by atoms with Gasteiger partial charge in [-0.3, -0.25) is 4.79 Å². The van der Waals surface area contributed by atoms with Crippen LogP contribution in [0.3, 0.4) is 0 Å². The summed E-state index contributed by atoms with van der Waals surface area (Å²) in [4.78, 5) is 12.5. The number of para-hydroxylation sites is 1. The van der Waals surface area contributed by atoms with Crippen LogP contribution in [-0.2, 0) is 0 Å². The van der Waals surface area contributed by atoms with Gasteiger partial charge in [-0.15, -0.1) is 0 Å². The number of amides is 1. The maximum atomic E-state index is 12.5. The number of fused-ring (bicyclic) bond motifs is 1. The Kier molecular flexibility index (Phi) is 6.29. The van der Waals surface area contributed by atoms with Crippen LogP contribution in [0.15, 0.2) is 54.6 Å². The molecule has 1 saturated heterocycles. The molecular formula is C25H28IN5O2. The number of primary amides is 1. The van der Waals surface area contributed by atoms with Crippen molar-refractivity contribution < 1.29 is 9.53 Å². The van der Waals surface area contributed by atoms with E-state index in [1.807, 2.05) is 59.3 Å². The van der Waals surface area contributed by atoms with E-state index in [1.165, 1.54) is 12.8 Å². The molecule has 0 bridgehead atoms. The quantitative estimate of drug-likeness (QED) is 0.331. The van der Waals surface area contributed by atoms with Gasteiger partial charge in [0.2, 0.25) is 0 Å². The van der Waals surface area contributed by atoms with Crippen LogP contribution in [0.25, 0.3) is 11.3 Å². The number of piperidine rings is 1. The molecule has 3 aromatic rings. The van der Waals surface area contributed by atoms with E-state index in [1.54, 1.807) is 0 Å². The molecule has 0 spiro atoms. The van der Waals surface area contributed by atoms with Gasteiger partial charge in [0.25, 0.3) is 5.91 Å². The minimum atomic E-state index is -0.466. The molecule has 3 heterocycles. The normalized spacial score (nSPS) is 22.9. The second kappa shape index (κ2) is 9.34. The first-order chi connectivity index (χ1) is 16.0. The minimum Gasteiger partial charge on any atom is -0.457 e. The largest absolute Gasteiger partial charge is 0.457 e. The fourth-order valence-corrected chi connectivity index (χ4v) is 6.35. The number of carbonyl (C=O) groups excluding carboxylic acids is 1. The lowest BCUT2D eigenvalue weighted by atomic mass is 9.86. The van der Waals surface area contributed by atoms with E-state index in [2.05, 4.69) is 38.2 Å². The summed E-state index contributed by atoms with van der Waals surface area (Å²) in [7, 11) is 0. The van der Waals surface area contributed by atoms with Gasteiger partial charge >= 0.3 is 0 Å². The summed E-state index contributed by atoms with van der Waals surface area (Å²) in [5.74, 6) is 2.33. The van der Waals surface area contributed by atoms with Gasteiger partial charge < -0.3 is 15.8 Å². The third kappa shape index (κ3) is 4.33. The molecule has 0 aliphatic carbocycles. The highest BCUT2D eigenvalue weighted by Crippen LogP contribution is 2.41. The summed E-state index contributed by atoms with van der Waals surface area (Å²) < 4.78 is 10.4. The minimum absolute atomic E-state index is 0.195. The number of nitrogens with two attached hydrogens (primary N) is 1. The third-order valence-electron chi connectivity index (χ3n) is 6.64. The standard InChI is InChI=1S/C25H28IN5O2/c1-16-6-5-15-30(26)23(16)20-13-14-28-25-21(24(27)32)22(29-31(20)25)17-9-11-19(12-10-17)33-18-7-3-2-4-8-18/h2-4,7-12,16,20,23,28H,5-6,13-15H2,1H3,(H2,27,32). The highest BCUT2D eigenvalue weighted by molar-refractivity contribution is 14.1. The number of rotatable bonds is 5. The van der Waals surface area contributed by atoms with Crippen molar-refractivity contribution in [3.05, 3.63) is 60.2 Å². The number of hydrogen-bond acceptors (Lipinski definition) is 5. The molecule has 33 heavy (non-hydrogen) atoms. The number of hydrogen-bond donors (Lipinski definition) is 2. The fourth-order valence-electron chi connectivity index (χ4n) is 5.09. The highest BCUT2D eigenvalue weighted by Gasteiger charge is 2.39. The molecule has 8 heteroatoms. The summed E-state index contributed by atoms with van der Waals surface area (Å²) >= 11 is 2.45. The Balaban J connectivity index is 1.50. The van der Waals surface area contributed by atoms with Crippen LogP contribution in [0.4, 0.5) is 5.82 Å². The Morgan fingerprint density at radius 1 is 1.12 bits per heavy atom. The monoisotopic (exact) mass is 557 g/mol. The van der Waals surface area contributed by atoms with E-state index < -0.39 is 5.91 Å². The number of benzene rings is 2. The first kappa shape index (κ1) is 22.2. The Morgan fingerprint density at radius 3 is 2.55 bits per heavy atom. The number of carbonyl (C=O) groups is 1. The Hall–Kier alpha value is -2.59. The molecule has 5 rings (SSSR count). The van der Waals surface area contributed by atoms with Crippen molar-refractivity contribution in [2.45, 2.75) is 38.3 Å². The molecule has 2 aliphatic heterocycles. The molecule has 2 aromatic carbocycles. The molecule has 1 fully saturated rings. The van der Waals surface area contributed by atoms with Crippen molar-refractivity contribution in [3.8, 4) is 22.8 Å². The molecule has 1 aromatic heterocycles. The smallest absolute Gasteiger partial charge is 0.254 e. The molecule has 0 radical (unpaired) electrons. The molecule has 0 saturated carbocycles. The Morgan fingerprint density at radius 2 is 1.85 bits per heavy atom. The third-order valence-corrected chi connectivity index (χ3v) is 7.77.